The molecule has 1 saturated carbocycles. The van der Waals surface area contributed by atoms with Gasteiger partial charge in [-0.3, -0.25) is 24.1 Å². The fourth-order valence-corrected chi connectivity index (χ4v) is 6.51. The van der Waals surface area contributed by atoms with Crippen LogP contribution in [0.3, 0.4) is 0 Å². The molecule has 4 atom stereocenters. The number of phenols is 1. The Morgan fingerprint density at radius 2 is 1.82 bits per heavy atom. The first-order valence-corrected chi connectivity index (χ1v) is 12.5. The Balaban J connectivity index is 1.76. The molecule has 0 heterocycles. The molecule has 40 heavy (non-hydrogen) atoms. The number of methoxy groups -OCH3 is 1. The van der Waals surface area contributed by atoms with Crippen LogP contribution >= 0.6 is 0 Å². The second kappa shape index (κ2) is 9.32. The van der Waals surface area contributed by atoms with Crippen LogP contribution in [-0.2, 0) is 20.8 Å². The number of Topliss-reactive ketones (excluding diaryl/α,β-unsaturated/α-hetero) is 2. The first-order valence-electron chi connectivity index (χ1n) is 12.5. The normalized spacial score (nSPS) is 25.9. The van der Waals surface area contributed by atoms with Crippen molar-refractivity contribution >= 4 is 29.5 Å². The molecule has 6 N–H and O–H groups in total. The van der Waals surface area contributed by atoms with Gasteiger partial charge in [0, 0.05) is 22.6 Å². The van der Waals surface area contributed by atoms with Gasteiger partial charge in [0.15, 0.2) is 11.4 Å². The Morgan fingerprint density at radius 1 is 1.12 bits per heavy atom. The fourth-order valence-electron chi connectivity index (χ4n) is 6.51. The molecule has 0 unspecified atom stereocenters. The zero-order chi connectivity index (χ0) is 29.3. The number of nitrogens with two attached hydrogens (primary N) is 1. The van der Waals surface area contributed by atoms with Crippen LogP contribution in [0.5, 0.6) is 11.5 Å². The zero-order valence-electron chi connectivity index (χ0n) is 22.0. The van der Waals surface area contributed by atoms with Gasteiger partial charge in [-0.1, -0.05) is 6.07 Å². The van der Waals surface area contributed by atoms with Crippen molar-refractivity contribution < 1.29 is 44.3 Å². The van der Waals surface area contributed by atoms with Gasteiger partial charge in [-0.2, -0.15) is 0 Å². The predicted octanol–water partition coefficient (Wildman–Crippen LogP) is 1.45. The highest BCUT2D eigenvalue weighted by molar-refractivity contribution is 6.24. The Morgan fingerprint density at radius 3 is 2.42 bits per heavy atom. The molecule has 1 amide bonds. The van der Waals surface area contributed by atoms with Gasteiger partial charge in [0.1, 0.15) is 34.9 Å². The van der Waals surface area contributed by atoms with Crippen LogP contribution in [0.1, 0.15) is 27.9 Å². The number of rotatable bonds is 5. The zero-order valence-corrected chi connectivity index (χ0v) is 22.0. The molecule has 2 aromatic rings. The van der Waals surface area contributed by atoms with E-state index in [1.165, 1.54) is 32.2 Å². The maximum atomic E-state index is 14.0. The molecule has 0 spiro atoms. The van der Waals surface area contributed by atoms with Crippen molar-refractivity contribution in [3.8, 4) is 22.6 Å². The molecule has 0 radical (unpaired) electrons. The summed E-state index contributed by atoms with van der Waals surface area (Å²) in [6, 6.07) is 6.57. The van der Waals surface area contributed by atoms with Crippen LogP contribution in [0, 0.1) is 11.8 Å². The standard InChI is InChI=1S/C29H28N2O9/c1-31(2)23-17-10-13-9-16-14(15-8-12(11-32)4-7-19(15)40-3)5-6-18(33)21(16)24(34)20(13)26(36)29(17,39)27(37)22(25(23)35)28(30)38/h4-8,11,13,17,23,33-34,37,39H,9-10H2,1-3H3,(H2,30,38)/t13-,17-,23+,29-/m0/s1. The minimum absolute atomic E-state index is 0.0353. The molecule has 2 aromatic carbocycles. The van der Waals surface area contributed by atoms with Crippen molar-refractivity contribution in [2.24, 2.45) is 17.6 Å². The number of aromatic hydroxyl groups is 1. The average Bonchev–Trinajstić information content (AvgIpc) is 2.90. The SMILES string of the molecule is COc1ccc(C=O)cc1-c1ccc(O)c2c1C[C@H]1C[C@H]3[C@@H](N(C)C)C(=O)C(C(N)=O)=C(O)[C@@]3(O)C(=O)C1=C2O. The Labute approximate surface area is 228 Å². The number of aliphatic hydroxyl groups is 3. The van der Waals surface area contributed by atoms with E-state index in [1.54, 1.807) is 24.3 Å². The van der Waals surface area contributed by atoms with E-state index in [2.05, 4.69) is 0 Å². The molecular weight excluding hydrogens is 520 g/mol. The number of fused-ring (bicyclic) bond motifs is 3. The number of primary amides is 1. The lowest BCUT2D eigenvalue weighted by Crippen LogP contribution is -2.65. The summed E-state index contributed by atoms with van der Waals surface area (Å²) in [6.45, 7) is 0. The third-order valence-electron chi connectivity index (χ3n) is 8.25. The number of hydrogen-bond acceptors (Lipinski definition) is 10. The number of hydrogen-bond donors (Lipinski definition) is 5. The average molecular weight is 549 g/mol. The predicted molar refractivity (Wildman–Crippen MR) is 142 cm³/mol. The minimum atomic E-state index is -2.71. The first-order chi connectivity index (χ1) is 18.9. The summed E-state index contributed by atoms with van der Waals surface area (Å²) in [5.41, 5.74) is 3.37. The molecule has 5 rings (SSSR count). The Hall–Kier alpha value is -4.48. The molecule has 11 heteroatoms. The van der Waals surface area contributed by atoms with E-state index in [-0.39, 0.29) is 29.7 Å². The second-order valence-electron chi connectivity index (χ2n) is 10.5. The van der Waals surface area contributed by atoms with Gasteiger partial charge in [-0.25, -0.2) is 0 Å². The number of amides is 1. The summed E-state index contributed by atoms with van der Waals surface area (Å²) in [7, 11) is 4.54. The summed E-state index contributed by atoms with van der Waals surface area (Å²) < 4.78 is 5.49. The van der Waals surface area contributed by atoms with Crippen LogP contribution < -0.4 is 10.5 Å². The summed E-state index contributed by atoms with van der Waals surface area (Å²) in [5, 5.41) is 44.9. The van der Waals surface area contributed by atoms with Crippen LogP contribution in [0.25, 0.3) is 16.9 Å². The number of benzene rings is 2. The number of aliphatic hydroxyl groups excluding tert-OH is 2. The van der Waals surface area contributed by atoms with Crippen LogP contribution in [0.2, 0.25) is 0 Å². The highest BCUT2D eigenvalue weighted by Crippen LogP contribution is 2.54. The van der Waals surface area contributed by atoms with Gasteiger partial charge in [-0.15, -0.1) is 0 Å². The van der Waals surface area contributed by atoms with Gasteiger partial charge < -0.3 is 30.9 Å². The van der Waals surface area contributed by atoms with E-state index in [9.17, 15) is 39.6 Å². The van der Waals surface area contributed by atoms with Gasteiger partial charge in [0.25, 0.3) is 5.91 Å². The molecular formula is C29H28N2O9. The maximum absolute atomic E-state index is 14.0. The molecule has 0 bridgehead atoms. The van der Waals surface area contributed by atoms with Crippen LogP contribution in [-0.4, -0.2) is 81.9 Å². The Kier molecular flexibility index (Phi) is 6.31. The third kappa shape index (κ3) is 3.58. The van der Waals surface area contributed by atoms with Crippen LogP contribution in [0.15, 0.2) is 47.2 Å². The van der Waals surface area contributed by atoms with Crippen LogP contribution in [0.4, 0.5) is 0 Å². The molecule has 3 aliphatic rings. The largest absolute Gasteiger partial charge is 0.508 e. The fraction of sp³-hybridized carbons (Fsp3) is 0.310. The van der Waals surface area contributed by atoms with E-state index in [0.717, 1.165) is 0 Å². The molecule has 208 valence electrons. The molecule has 1 fully saturated rings. The number of likely N-dealkylation sites (N-methyl/N-ethyl adjacent to an activating group) is 1. The number of phenolic OH excluding ortho intramolecular Hbond substituents is 1. The second-order valence-corrected chi connectivity index (χ2v) is 10.5. The molecule has 0 saturated heterocycles. The number of ketones is 2. The van der Waals surface area contributed by atoms with E-state index >= 15 is 0 Å². The molecule has 0 aliphatic heterocycles. The molecule has 3 aliphatic carbocycles. The van der Waals surface area contributed by atoms with Gasteiger partial charge in [0.2, 0.25) is 5.78 Å². The van der Waals surface area contributed by atoms with Gasteiger partial charge in [0.05, 0.1) is 18.7 Å². The smallest absolute Gasteiger partial charge is 0.255 e. The number of ether oxygens (including phenoxy) is 1. The third-order valence-corrected chi connectivity index (χ3v) is 8.25. The van der Waals surface area contributed by atoms with Gasteiger partial charge in [-0.05, 0) is 68.2 Å². The summed E-state index contributed by atoms with van der Waals surface area (Å²) in [5.74, 6) is -6.75. The first kappa shape index (κ1) is 27.1. The van der Waals surface area contributed by atoms with Crippen molar-refractivity contribution in [2.45, 2.75) is 24.5 Å². The van der Waals surface area contributed by atoms with Crippen molar-refractivity contribution in [3.63, 3.8) is 0 Å². The number of carbonyl (C=O) groups is 4. The molecule has 11 nitrogen and oxygen atoms in total. The van der Waals surface area contributed by atoms with E-state index in [0.29, 0.717) is 34.3 Å². The minimum Gasteiger partial charge on any atom is -0.508 e. The molecule has 0 aromatic heterocycles. The summed E-state index contributed by atoms with van der Waals surface area (Å²) >= 11 is 0. The quantitative estimate of drug-likeness (QED) is 0.270. The lowest BCUT2D eigenvalue weighted by molar-refractivity contribution is -0.153. The highest BCUT2D eigenvalue weighted by Gasteiger charge is 2.64. The number of carbonyl (C=O) groups excluding carboxylic acids is 4. The van der Waals surface area contributed by atoms with Crippen molar-refractivity contribution in [1.82, 2.24) is 4.90 Å². The van der Waals surface area contributed by atoms with Crippen molar-refractivity contribution in [2.75, 3.05) is 21.2 Å². The van der Waals surface area contributed by atoms with Gasteiger partial charge >= 0.3 is 0 Å². The topological polar surface area (TPSA) is 188 Å². The van der Waals surface area contributed by atoms with Crippen molar-refractivity contribution in [3.05, 3.63) is 63.9 Å². The highest BCUT2D eigenvalue weighted by atomic mass is 16.5. The van der Waals surface area contributed by atoms with Crippen molar-refractivity contribution in [1.29, 1.82) is 0 Å². The monoisotopic (exact) mass is 548 g/mol. The summed E-state index contributed by atoms with van der Waals surface area (Å²) in [4.78, 5) is 52.3. The van der Waals surface area contributed by atoms with E-state index < -0.39 is 58.0 Å². The Bertz CT molecular complexity index is 1570. The lowest BCUT2D eigenvalue weighted by atomic mass is 9.57. The number of aldehydes is 1. The lowest BCUT2D eigenvalue weighted by Gasteiger charge is -2.50. The number of nitrogens with zero attached hydrogens (tertiary/aromatic N) is 1. The van der Waals surface area contributed by atoms with E-state index in [1.807, 2.05) is 0 Å². The maximum Gasteiger partial charge on any atom is 0.255 e. The van der Waals surface area contributed by atoms with E-state index in [4.69, 9.17) is 10.5 Å². The summed E-state index contributed by atoms with van der Waals surface area (Å²) in [6.07, 6.45) is 0.743.